The van der Waals surface area contributed by atoms with Crippen molar-refractivity contribution in [3.05, 3.63) is 41.2 Å². The molecule has 2 amide bonds. The second-order valence-corrected chi connectivity index (χ2v) is 9.63. The maximum absolute atomic E-state index is 13.4. The molecule has 1 saturated carbocycles. The second kappa shape index (κ2) is 7.29. The number of imide groups is 1. The zero-order valence-electron chi connectivity index (χ0n) is 18.2. The average Bonchev–Trinajstić information content (AvgIpc) is 3.18. The zero-order valence-corrected chi connectivity index (χ0v) is 18.2. The fraction of sp³-hybridized carbons (Fsp3) is 0.520. The minimum Gasteiger partial charge on any atom is -0.356 e. The zero-order chi connectivity index (χ0) is 21.0. The van der Waals surface area contributed by atoms with Crippen LogP contribution >= 0.6 is 0 Å². The largest absolute Gasteiger partial charge is 0.356 e. The van der Waals surface area contributed by atoms with Crippen LogP contribution in [0, 0.1) is 11.8 Å². The summed E-state index contributed by atoms with van der Waals surface area (Å²) in [5.74, 6) is 0.776. The molecule has 0 radical (unpaired) electrons. The minimum atomic E-state index is -0.173. The molecular weight excluding hydrogens is 374 g/mol. The van der Waals surface area contributed by atoms with E-state index in [0.29, 0.717) is 18.4 Å². The summed E-state index contributed by atoms with van der Waals surface area (Å²) in [6.45, 7) is 7.29. The van der Waals surface area contributed by atoms with Crippen LogP contribution in [-0.2, 0) is 16.1 Å². The summed E-state index contributed by atoms with van der Waals surface area (Å²) in [5, 5.41) is 4.84. The van der Waals surface area contributed by atoms with Crippen LogP contribution in [-0.4, -0.2) is 27.8 Å². The Kier molecular flexibility index (Phi) is 4.72. The highest BCUT2D eigenvalue weighted by Gasteiger charge is 2.43. The molecule has 2 aliphatic heterocycles. The van der Waals surface area contributed by atoms with Crippen molar-refractivity contribution in [1.82, 2.24) is 9.47 Å². The molecule has 1 N–H and O–H groups in total. The van der Waals surface area contributed by atoms with Gasteiger partial charge < -0.3 is 9.88 Å². The van der Waals surface area contributed by atoms with E-state index in [0.717, 1.165) is 36.3 Å². The Morgan fingerprint density at radius 3 is 2.67 bits per heavy atom. The third kappa shape index (κ3) is 2.98. The monoisotopic (exact) mass is 405 g/mol. The summed E-state index contributed by atoms with van der Waals surface area (Å²) in [6, 6.07) is 6.40. The lowest BCUT2D eigenvalue weighted by Crippen LogP contribution is -2.34. The predicted octanol–water partition coefficient (Wildman–Crippen LogP) is 5.03. The van der Waals surface area contributed by atoms with Crippen LogP contribution in [0.1, 0.15) is 64.4 Å². The lowest BCUT2D eigenvalue weighted by molar-refractivity contribution is -0.139. The molecule has 1 atom stereocenters. The first-order valence-electron chi connectivity index (χ1n) is 11.4. The lowest BCUT2D eigenvalue weighted by Gasteiger charge is -2.31. The highest BCUT2D eigenvalue weighted by Crippen LogP contribution is 2.49. The van der Waals surface area contributed by atoms with Gasteiger partial charge in [-0.2, -0.15) is 0 Å². The molecule has 3 heterocycles. The Labute approximate surface area is 178 Å². The molecule has 0 bridgehead atoms. The Bertz CT molecular complexity index is 1060. The molecule has 1 aromatic heterocycles. The van der Waals surface area contributed by atoms with Crippen molar-refractivity contribution in [2.24, 2.45) is 11.8 Å². The van der Waals surface area contributed by atoms with Crippen LogP contribution in [0.3, 0.4) is 0 Å². The number of nitrogens with zero attached hydrogens (tertiary/aromatic N) is 2. The van der Waals surface area contributed by atoms with Gasteiger partial charge in [0, 0.05) is 47.9 Å². The van der Waals surface area contributed by atoms with Crippen LogP contribution in [0.15, 0.2) is 35.7 Å². The first-order chi connectivity index (χ1) is 14.5. The maximum Gasteiger partial charge on any atom is 0.259 e. The fourth-order valence-corrected chi connectivity index (χ4v) is 5.82. The highest BCUT2D eigenvalue weighted by molar-refractivity contribution is 6.10. The number of hydrogen-bond donors (Lipinski definition) is 1. The summed E-state index contributed by atoms with van der Waals surface area (Å²) in [6.07, 6.45) is 8.32. The topological polar surface area (TPSA) is 54.3 Å². The number of anilines is 1. The normalized spacial score (nSPS) is 21.9. The van der Waals surface area contributed by atoms with Crippen molar-refractivity contribution in [3.8, 4) is 0 Å². The average molecular weight is 406 g/mol. The van der Waals surface area contributed by atoms with E-state index in [2.05, 4.69) is 48.1 Å². The molecule has 0 saturated heterocycles. The third-order valence-electron chi connectivity index (χ3n) is 7.05. The van der Waals surface area contributed by atoms with Crippen LogP contribution in [0.25, 0.3) is 10.9 Å². The Balaban J connectivity index is 1.72. The van der Waals surface area contributed by atoms with Crippen molar-refractivity contribution < 1.29 is 9.59 Å². The van der Waals surface area contributed by atoms with E-state index in [1.54, 1.807) is 0 Å². The van der Waals surface area contributed by atoms with Gasteiger partial charge in [0.05, 0.1) is 12.1 Å². The van der Waals surface area contributed by atoms with E-state index in [1.165, 1.54) is 47.6 Å². The summed E-state index contributed by atoms with van der Waals surface area (Å²) >= 11 is 0. The third-order valence-corrected chi connectivity index (χ3v) is 7.05. The van der Waals surface area contributed by atoms with Gasteiger partial charge in [0.25, 0.3) is 5.91 Å². The number of aromatic nitrogens is 1. The van der Waals surface area contributed by atoms with E-state index in [1.807, 2.05) is 0 Å². The Hall–Kier alpha value is -2.56. The van der Waals surface area contributed by atoms with Crippen molar-refractivity contribution in [2.75, 3.05) is 11.9 Å². The molecular formula is C25H31N3O2. The van der Waals surface area contributed by atoms with Crippen LogP contribution in [0.2, 0.25) is 0 Å². The molecule has 3 aliphatic rings. The molecule has 1 unspecified atom stereocenters. The predicted molar refractivity (Wildman–Crippen MR) is 119 cm³/mol. The fourth-order valence-electron chi connectivity index (χ4n) is 5.82. The molecule has 2 aromatic rings. The molecule has 30 heavy (non-hydrogen) atoms. The van der Waals surface area contributed by atoms with E-state index in [9.17, 15) is 9.59 Å². The standard InChI is InChI=1S/C25H31N3O2/c1-15(2)12-27-13-18-22(17-8-5-4-6-9-17)24-20(14-28(16(3)29)25(24)30)26-19-10-7-11-21(27)23(18)19/h7,10-11,13,15,17,22,26H,4-6,8-9,12,14H2,1-3H3. The van der Waals surface area contributed by atoms with E-state index >= 15 is 0 Å². The van der Waals surface area contributed by atoms with Gasteiger partial charge in [-0.25, -0.2) is 0 Å². The van der Waals surface area contributed by atoms with Gasteiger partial charge in [0.15, 0.2) is 0 Å². The number of rotatable bonds is 3. The van der Waals surface area contributed by atoms with Gasteiger partial charge >= 0.3 is 0 Å². The number of benzene rings is 1. The molecule has 5 nitrogen and oxygen atoms in total. The SMILES string of the molecule is CC(=O)N1CC2=C(C1=O)C(C1CCCCC1)c1cn(CC(C)C)c3cccc(c13)N2. The summed E-state index contributed by atoms with van der Waals surface area (Å²) in [7, 11) is 0. The Morgan fingerprint density at radius 2 is 1.97 bits per heavy atom. The molecule has 5 heteroatoms. The van der Waals surface area contributed by atoms with E-state index in [4.69, 9.17) is 0 Å². The molecule has 1 aromatic carbocycles. The first kappa shape index (κ1) is 19.4. The van der Waals surface area contributed by atoms with Crippen molar-refractivity contribution >= 4 is 28.4 Å². The van der Waals surface area contributed by atoms with Crippen molar-refractivity contribution in [2.45, 2.75) is 65.3 Å². The number of carbonyl (C=O) groups is 2. The van der Waals surface area contributed by atoms with Crippen molar-refractivity contribution in [1.29, 1.82) is 0 Å². The van der Waals surface area contributed by atoms with E-state index in [-0.39, 0.29) is 17.7 Å². The quantitative estimate of drug-likeness (QED) is 0.779. The van der Waals surface area contributed by atoms with Gasteiger partial charge in [0.2, 0.25) is 5.91 Å². The number of amides is 2. The van der Waals surface area contributed by atoms with Gasteiger partial charge in [-0.1, -0.05) is 39.2 Å². The van der Waals surface area contributed by atoms with Gasteiger partial charge in [-0.3, -0.25) is 14.5 Å². The maximum atomic E-state index is 13.4. The minimum absolute atomic E-state index is 0.0595. The van der Waals surface area contributed by atoms with Crippen LogP contribution < -0.4 is 5.32 Å². The summed E-state index contributed by atoms with van der Waals surface area (Å²) < 4.78 is 2.37. The van der Waals surface area contributed by atoms with E-state index < -0.39 is 0 Å². The van der Waals surface area contributed by atoms with Gasteiger partial charge in [-0.15, -0.1) is 0 Å². The summed E-state index contributed by atoms with van der Waals surface area (Å²) in [4.78, 5) is 27.0. The lowest BCUT2D eigenvalue weighted by atomic mass is 9.73. The molecule has 5 rings (SSSR count). The molecule has 158 valence electrons. The molecule has 1 fully saturated rings. The highest BCUT2D eigenvalue weighted by atomic mass is 16.2. The number of nitrogens with one attached hydrogen (secondary N) is 1. The molecule has 0 spiro atoms. The van der Waals surface area contributed by atoms with Crippen molar-refractivity contribution in [3.63, 3.8) is 0 Å². The second-order valence-electron chi connectivity index (χ2n) is 9.63. The Morgan fingerprint density at radius 1 is 1.20 bits per heavy atom. The van der Waals surface area contributed by atoms with Gasteiger partial charge in [-0.05, 0) is 42.4 Å². The number of carbonyl (C=O) groups excluding carboxylic acids is 2. The molecule has 1 aliphatic carbocycles. The van der Waals surface area contributed by atoms with Crippen LogP contribution in [0.4, 0.5) is 5.69 Å². The number of hydrogen-bond acceptors (Lipinski definition) is 3. The first-order valence-corrected chi connectivity index (χ1v) is 11.4. The smallest absolute Gasteiger partial charge is 0.259 e. The summed E-state index contributed by atoms with van der Waals surface area (Å²) in [5.41, 5.74) is 5.32. The van der Waals surface area contributed by atoms with Gasteiger partial charge in [0.1, 0.15) is 0 Å². The van der Waals surface area contributed by atoms with Crippen LogP contribution in [0.5, 0.6) is 0 Å².